The van der Waals surface area contributed by atoms with Crippen molar-refractivity contribution >= 4 is 0 Å². The van der Waals surface area contributed by atoms with Crippen LogP contribution in [0, 0.1) is 41.2 Å². The SMILES string of the molecule is C=CCOc1c(F)cc2c(c1F)CCC(C1CCC3CC(CCCCC)CCC3C1)C2. The molecule has 0 heterocycles. The van der Waals surface area contributed by atoms with E-state index in [1.165, 1.54) is 76.4 Å². The standard InChI is InChI=1S/C28H40F2O/c1-3-5-6-7-19-8-9-21-16-22(11-10-20(21)15-19)23-12-13-25-24(17-23)18-26(29)28(27(25)30)31-14-4-2/h4,18-23H,2-3,5-17H2,1H3. The fraction of sp³-hybridized carbons (Fsp3) is 0.714. The molecule has 2 saturated carbocycles. The topological polar surface area (TPSA) is 9.23 Å². The van der Waals surface area contributed by atoms with E-state index in [4.69, 9.17) is 4.74 Å². The fourth-order valence-corrected chi connectivity index (χ4v) is 6.93. The number of hydrogen-bond acceptors (Lipinski definition) is 1. The van der Waals surface area contributed by atoms with Crippen LogP contribution < -0.4 is 4.74 Å². The third-order valence-electron chi connectivity index (χ3n) is 8.61. The van der Waals surface area contributed by atoms with E-state index in [0.29, 0.717) is 17.9 Å². The van der Waals surface area contributed by atoms with Crippen LogP contribution in [0.25, 0.3) is 0 Å². The Bertz CT molecular complexity index is 758. The van der Waals surface area contributed by atoms with Crippen molar-refractivity contribution in [3.63, 3.8) is 0 Å². The molecular weight excluding hydrogens is 390 g/mol. The van der Waals surface area contributed by atoms with Crippen LogP contribution in [0.3, 0.4) is 0 Å². The van der Waals surface area contributed by atoms with Gasteiger partial charge in [0.25, 0.3) is 0 Å². The molecule has 0 aromatic heterocycles. The molecule has 0 aliphatic heterocycles. The van der Waals surface area contributed by atoms with Gasteiger partial charge in [0.15, 0.2) is 17.4 Å². The molecule has 0 amide bonds. The van der Waals surface area contributed by atoms with Crippen LogP contribution in [0.4, 0.5) is 8.78 Å². The Kier molecular flexibility index (Phi) is 7.72. The van der Waals surface area contributed by atoms with Gasteiger partial charge in [-0.3, -0.25) is 0 Å². The van der Waals surface area contributed by atoms with Crippen LogP contribution in [0.15, 0.2) is 18.7 Å². The third-order valence-corrected chi connectivity index (χ3v) is 8.61. The predicted molar refractivity (Wildman–Crippen MR) is 123 cm³/mol. The lowest BCUT2D eigenvalue weighted by Gasteiger charge is -2.45. The van der Waals surface area contributed by atoms with Gasteiger partial charge in [0, 0.05) is 0 Å². The third kappa shape index (κ3) is 5.17. The number of benzene rings is 1. The van der Waals surface area contributed by atoms with Crippen molar-refractivity contribution in [1.82, 2.24) is 0 Å². The summed E-state index contributed by atoms with van der Waals surface area (Å²) in [5.74, 6) is 2.83. The Morgan fingerprint density at radius 2 is 1.74 bits per heavy atom. The van der Waals surface area contributed by atoms with Crippen LogP contribution in [0.5, 0.6) is 5.75 Å². The summed E-state index contributed by atoms with van der Waals surface area (Å²) < 4.78 is 34.6. The van der Waals surface area contributed by atoms with Crippen molar-refractivity contribution < 1.29 is 13.5 Å². The van der Waals surface area contributed by atoms with Gasteiger partial charge in [-0.2, -0.15) is 0 Å². The van der Waals surface area contributed by atoms with Gasteiger partial charge < -0.3 is 4.74 Å². The Balaban J connectivity index is 1.35. The van der Waals surface area contributed by atoms with Crippen LogP contribution in [-0.2, 0) is 12.8 Å². The molecule has 172 valence electrons. The van der Waals surface area contributed by atoms with Gasteiger partial charge in [-0.1, -0.05) is 51.7 Å². The van der Waals surface area contributed by atoms with Gasteiger partial charge >= 0.3 is 0 Å². The first kappa shape index (κ1) is 22.8. The summed E-state index contributed by atoms with van der Waals surface area (Å²) in [6.07, 6.45) is 18.0. The maximum atomic E-state index is 14.9. The van der Waals surface area contributed by atoms with Gasteiger partial charge in [0.1, 0.15) is 6.61 Å². The highest BCUT2D eigenvalue weighted by molar-refractivity contribution is 5.41. The number of rotatable bonds is 8. The van der Waals surface area contributed by atoms with Crippen LogP contribution in [-0.4, -0.2) is 6.61 Å². The van der Waals surface area contributed by atoms with E-state index in [0.717, 1.165) is 42.1 Å². The maximum Gasteiger partial charge on any atom is 0.191 e. The molecule has 0 saturated heterocycles. The zero-order valence-electron chi connectivity index (χ0n) is 19.3. The predicted octanol–water partition coefficient (Wildman–Crippen LogP) is 8.05. The van der Waals surface area contributed by atoms with E-state index in [1.807, 2.05) is 0 Å². The minimum Gasteiger partial charge on any atom is -0.483 e. The normalized spacial score (nSPS) is 30.4. The van der Waals surface area contributed by atoms with Crippen LogP contribution in [0.1, 0.15) is 88.7 Å². The molecule has 3 heteroatoms. The van der Waals surface area contributed by atoms with Gasteiger partial charge in [0.05, 0.1) is 0 Å². The van der Waals surface area contributed by atoms with Gasteiger partial charge in [0.2, 0.25) is 0 Å². The summed E-state index contributed by atoms with van der Waals surface area (Å²) in [5, 5.41) is 0. The van der Waals surface area contributed by atoms with Crippen molar-refractivity contribution in [2.75, 3.05) is 6.61 Å². The number of halogens is 2. The summed E-state index contributed by atoms with van der Waals surface area (Å²) in [6, 6.07) is 1.54. The van der Waals surface area contributed by atoms with Gasteiger partial charge in [-0.25, -0.2) is 8.78 Å². The first-order chi connectivity index (χ1) is 15.1. The van der Waals surface area contributed by atoms with Gasteiger partial charge in [-0.05, 0) is 98.1 Å². The van der Waals surface area contributed by atoms with Crippen molar-refractivity contribution in [2.24, 2.45) is 29.6 Å². The molecule has 5 atom stereocenters. The second kappa shape index (κ2) is 10.5. The van der Waals surface area contributed by atoms with E-state index >= 15 is 0 Å². The summed E-state index contributed by atoms with van der Waals surface area (Å²) in [7, 11) is 0. The Morgan fingerprint density at radius 3 is 2.52 bits per heavy atom. The molecule has 4 rings (SSSR count). The summed E-state index contributed by atoms with van der Waals surface area (Å²) in [5.41, 5.74) is 1.55. The van der Waals surface area contributed by atoms with E-state index < -0.39 is 11.6 Å². The molecule has 3 aliphatic carbocycles. The minimum absolute atomic E-state index is 0.124. The van der Waals surface area contributed by atoms with Crippen LogP contribution >= 0.6 is 0 Å². The summed E-state index contributed by atoms with van der Waals surface area (Å²) >= 11 is 0. The summed E-state index contributed by atoms with van der Waals surface area (Å²) in [6.45, 7) is 5.98. The van der Waals surface area contributed by atoms with E-state index in [-0.39, 0.29) is 12.4 Å². The fourth-order valence-electron chi connectivity index (χ4n) is 6.93. The number of hydrogen-bond donors (Lipinski definition) is 0. The van der Waals surface area contributed by atoms with Crippen molar-refractivity contribution in [3.05, 3.63) is 41.5 Å². The highest BCUT2D eigenvalue weighted by Gasteiger charge is 2.39. The van der Waals surface area contributed by atoms with E-state index in [1.54, 1.807) is 0 Å². The zero-order chi connectivity index (χ0) is 21.8. The molecule has 0 bridgehead atoms. The molecule has 1 aromatic rings. The second-order valence-electron chi connectivity index (χ2n) is 10.5. The van der Waals surface area contributed by atoms with E-state index in [9.17, 15) is 8.78 Å². The van der Waals surface area contributed by atoms with Crippen molar-refractivity contribution in [2.45, 2.75) is 90.4 Å². The largest absolute Gasteiger partial charge is 0.483 e. The van der Waals surface area contributed by atoms with Crippen LogP contribution in [0.2, 0.25) is 0 Å². The molecule has 2 fully saturated rings. The molecule has 3 aliphatic rings. The Labute approximate surface area is 187 Å². The zero-order valence-corrected chi connectivity index (χ0v) is 19.3. The molecule has 1 nitrogen and oxygen atoms in total. The second-order valence-corrected chi connectivity index (χ2v) is 10.5. The lowest BCUT2D eigenvalue weighted by molar-refractivity contribution is 0.0688. The average molecular weight is 431 g/mol. The first-order valence-electron chi connectivity index (χ1n) is 12.8. The highest BCUT2D eigenvalue weighted by atomic mass is 19.1. The lowest BCUT2D eigenvalue weighted by Crippen LogP contribution is -2.35. The summed E-state index contributed by atoms with van der Waals surface area (Å²) in [4.78, 5) is 0. The maximum absolute atomic E-state index is 14.9. The number of ether oxygens (including phenoxy) is 1. The number of fused-ring (bicyclic) bond motifs is 2. The average Bonchev–Trinajstić information content (AvgIpc) is 2.78. The quantitative estimate of drug-likeness (QED) is 0.299. The molecule has 0 spiro atoms. The molecule has 1 aromatic carbocycles. The Morgan fingerprint density at radius 1 is 1.00 bits per heavy atom. The van der Waals surface area contributed by atoms with Crippen molar-refractivity contribution in [3.8, 4) is 5.75 Å². The minimum atomic E-state index is -0.566. The van der Waals surface area contributed by atoms with Crippen molar-refractivity contribution in [1.29, 1.82) is 0 Å². The molecule has 31 heavy (non-hydrogen) atoms. The molecule has 0 radical (unpaired) electrons. The molecule has 0 N–H and O–H groups in total. The highest BCUT2D eigenvalue weighted by Crippen LogP contribution is 2.49. The van der Waals surface area contributed by atoms with Gasteiger partial charge in [-0.15, -0.1) is 0 Å². The monoisotopic (exact) mass is 430 g/mol. The smallest absolute Gasteiger partial charge is 0.191 e. The van der Waals surface area contributed by atoms with E-state index in [2.05, 4.69) is 13.5 Å². The number of unbranched alkanes of at least 4 members (excludes halogenated alkanes) is 2. The lowest BCUT2D eigenvalue weighted by atomic mass is 9.61. The molecular formula is C28H40F2O. The molecule has 5 unspecified atom stereocenters. The first-order valence-corrected chi connectivity index (χ1v) is 12.8. The Hall–Kier alpha value is -1.38.